The summed E-state index contributed by atoms with van der Waals surface area (Å²) in [5.74, 6) is 0.860. The van der Waals surface area contributed by atoms with Gasteiger partial charge in [-0.2, -0.15) is 0 Å². The lowest BCUT2D eigenvalue weighted by Crippen LogP contribution is -2.38. The smallest absolute Gasteiger partial charge is 0.191 e. The number of morpholine rings is 1. The fourth-order valence-corrected chi connectivity index (χ4v) is 4.24. The molecule has 0 amide bonds. The Kier molecular flexibility index (Phi) is 8.46. The molecule has 7 heteroatoms. The van der Waals surface area contributed by atoms with Gasteiger partial charge in [-0.1, -0.05) is 24.3 Å². The monoisotopic (exact) mass is 415 g/mol. The van der Waals surface area contributed by atoms with E-state index in [1.807, 2.05) is 0 Å². The van der Waals surface area contributed by atoms with Gasteiger partial charge in [-0.25, -0.2) is 9.98 Å². The first kappa shape index (κ1) is 21.7. The number of guanidine groups is 1. The molecule has 1 aromatic heterocycles. The predicted molar refractivity (Wildman–Crippen MR) is 121 cm³/mol. The number of nitrogens with zero attached hydrogens (tertiary/aromatic N) is 3. The first-order chi connectivity index (χ1) is 14.2. The van der Waals surface area contributed by atoms with Crippen molar-refractivity contribution < 1.29 is 4.74 Å². The number of aryl methyl sites for hydroxylation is 2. The Hall–Kier alpha value is -1.96. The average molecular weight is 416 g/mol. The van der Waals surface area contributed by atoms with Crippen LogP contribution in [0.1, 0.15) is 33.6 Å². The van der Waals surface area contributed by atoms with Crippen LogP contribution in [0.5, 0.6) is 0 Å². The van der Waals surface area contributed by atoms with Crippen LogP contribution in [0.4, 0.5) is 0 Å². The molecule has 2 N–H and O–H groups in total. The van der Waals surface area contributed by atoms with Gasteiger partial charge in [-0.3, -0.25) is 4.90 Å². The number of hydrogen-bond acceptors (Lipinski definition) is 5. The van der Waals surface area contributed by atoms with Crippen LogP contribution >= 0.6 is 11.3 Å². The molecule has 0 radical (unpaired) electrons. The van der Waals surface area contributed by atoms with Crippen molar-refractivity contribution in [3.63, 3.8) is 0 Å². The number of nitrogens with one attached hydrogen (secondary N) is 2. The summed E-state index contributed by atoms with van der Waals surface area (Å²) in [6, 6.07) is 8.61. The van der Waals surface area contributed by atoms with Crippen molar-refractivity contribution in [2.45, 2.75) is 40.3 Å². The second-order valence-electron chi connectivity index (χ2n) is 7.28. The van der Waals surface area contributed by atoms with Crippen LogP contribution < -0.4 is 10.6 Å². The second-order valence-corrected chi connectivity index (χ2v) is 8.57. The fraction of sp³-hybridized carbons (Fsp3) is 0.545. The Bertz CT molecular complexity index is 779. The molecule has 0 saturated carbocycles. The van der Waals surface area contributed by atoms with E-state index in [9.17, 15) is 0 Å². The topological polar surface area (TPSA) is 61.8 Å². The molecule has 2 heterocycles. The summed E-state index contributed by atoms with van der Waals surface area (Å²) in [5.41, 5.74) is 3.77. The number of benzene rings is 1. The van der Waals surface area contributed by atoms with Crippen LogP contribution in [0.25, 0.3) is 0 Å². The molecular weight excluding hydrogens is 382 g/mol. The molecule has 158 valence electrons. The number of rotatable bonds is 8. The van der Waals surface area contributed by atoms with Gasteiger partial charge < -0.3 is 15.4 Å². The Balaban J connectivity index is 1.57. The van der Waals surface area contributed by atoms with Gasteiger partial charge in [0.05, 0.1) is 30.5 Å². The zero-order valence-electron chi connectivity index (χ0n) is 17.8. The Morgan fingerprint density at radius 3 is 2.62 bits per heavy atom. The Morgan fingerprint density at radius 1 is 1.17 bits per heavy atom. The van der Waals surface area contributed by atoms with Gasteiger partial charge in [0.1, 0.15) is 0 Å². The van der Waals surface area contributed by atoms with E-state index in [1.165, 1.54) is 21.0 Å². The van der Waals surface area contributed by atoms with Gasteiger partial charge in [-0.05, 0) is 31.9 Å². The van der Waals surface area contributed by atoms with Crippen molar-refractivity contribution in [2.24, 2.45) is 4.99 Å². The molecule has 6 nitrogen and oxygen atoms in total. The first-order valence-electron chi connectivity index (χ1n) is 10.5. The lowest BCUT2D eigenvalue weighted by Gasteiger charge is -2.27. The predicted octanol–water partition coefficient (Wildman–Crippen LogP) is 2.89. The maximum atomic E-state index is 5.47. The molecule has 0 atom stereocenters. The van der Waals surface area contributed by atoms with Crippen LogP contribution in [-0.4, -0.2) is 55.2 Å². The number of aromatic nitrogens is 1. The summed E-state index contributed by atoms with van der Waals surface area (Å²) in [7, 11) is 0. The molecule has 1 fully saturated rings. The number of aliphatic imine (C=N–C) groups is 1. The summed E-state index contributed by atoms with van der Waals surface area (Å²) in [6.07, 6.45) is 0.914. The fourth-order valence-electron chi connectivity index (χ4n) is 3.31. The summed E-state index contributed by atoms with van der Waals surface area (Å²) in [6.45, 7) is 13.2. The molecule has 0 bridgehead atoms. The van der Waals surface area contributed by atoms with E-state index in [-0.39, 0.29) is 0 Å². The molecule has 0 spiro atoms. The highest BCUT2D eigenvalue weighted by atomic mass is 32.1. The van der Waals surface area contributed by atoms with E-state index in [1.54, 1.807) is 11.3 Å². The van der Waals surface area contributed by atoms with Crippen molar-refractivity contribution >= 4 is 17.3 Å². The normalized spacial score (nSPS) is 15.5. The first-order valence-corrected chi connectivity index (χ1v) is 11.3. The highest BCUT2D eigenvalue weighted by Crippen LogP contribution is 2.16. The van der Waals surface area contributed by atoms with Crippen molar-refractivity contribution in [1.82, 2.24) is 20.5 Å². The molecule has 2 aromatic rings. The minimum atomic E-state index is 0.672. The van der Waals surface area contributed by atoms with Gasteiger partial charge in [0.15, 0.2) is 5.96 Å². The Labute approximate surface area is 178 Å². The zero-order chi connectivity index (χ0) is 20.5. The van der Waals surface area contributed by atoms with Gasteiger partial charge in [0, 0.05) is 44.0 Å². The van der Waals surface area contributed by atoms with E-state index in [4.69, 9.17) is 9.73 Å². The minimum absolute atomic E-state index is 0.672. The maximum absolute atomic E-state index is 5.47. The van der Waals surface area contributed by atoms with Crippen molar-refractivity contribution in [3.05, 3.63) is 51.0 Å². The van der Waals surface area contributed by atoms with Gasteiger partial charge in [-0.15, -0.1) is 11.3 Å². The van der Waals surface area contributed by atoms with E-state index < -0.39 is 0 Å². The number of ether oxygens (including phenoxy) is 1. The summed E-state index contributed by atoms with van der Waals surface area (Å²) in [4.78, 5) is 13.2. The highest BCUT2D eigenvalue weighted by molar-refractivity contribution is 7.11. The summed E-state index contributed by atoms with van der Waals surface area (Å²) >= 11 is 1.78. The molecule has 1 aromatic carbocycles. The third-order valence-corrected chi connectivity index (χ3v) is 6.20. The van der Waals surface area contributed by atoms with E-state index >= 15 is 0 Å². The largest absolute Gasteiger partial charge is 0.379 e. The van der Waals surface area contributed by atoms with Crippen LogP contribution in [0.2, 0.25) is 0 Å². The molecule has 1 saturated heterocycles. The van der Waals surface area contributed by atoms with E-state index in [2.05, 4.69) is 65.6 Å². The molecule has 1 aliphatic heterocycles. The third-order valence-electron chi connectivity index (χ3n) is 5.07. The minimum Gasteiger partial charge on any atom is -0.379 e. The quantitative estimate of drug-likeness (QED) is 0.513. The van der Waals surface area contributed by atoms with Crippen molar-refractivity contribution in [3.8, 4) is 0 Å². The Morgan fingerprint density at radius 2 is 1.93 bits per heavy atom. The van der Waals surface area contributed by atoms with Crippen molar-refractivity contribution in [2.75, 3.05) is 39.4 Å². The van der Waals surface area contributed by atoms with E-state index in [0.717, 1.165) is 64.0 Å². The van der Waals surface area contributed by atoms with Gasteiger partial charge in [0.2, 0.25) is 0 Å². The molecule has 3 rings (SSSR count). The lowest BCUT2D eigenvalue weighted by molar-refractivity contribution is 0.0341. The number of hydrogen-bond donors (Lipinski definition) is 2. The number of thiazole rings is 1. The maximum Gasteiger partial charge on any atom is 0.191 e. The third kappa shape index (κ3) is 6.80. The molecular formula is C22H33N5OS. The van der Waals surface area contributed by atoms with Crippen LogP contribution in [0.15, 0.2) is 29.3 Å². The van der Waals surface area contributed by atoms with Crippen LogP contribution in [-0.2, 0) is 24.2 Å². The SMILES string of the molecule is CCNC(=NCc1ccccc1CN1CCOCC1)NCCc1nc(C)c(C)s1. The van der Waals surface area contributed by atoms with E-state index in [0.29, 0.717) is 6.54 Å². The summed E-state index contributed by atoms with van der Waals surface area (Å²) in [5, 5.41) is 7.98. The lowest BCUT2D eigenvalue weighted by atomic mass is 10.1. The van der Waals surface area contributed by atoms with Gasteiger partial charge >= 0.3 is 0 Å². The standard InChI is InChI=1S/C22H33N5OS/c1-4-23-22(24-10-9-21-26-17(2)18(3)29-21)25-15-19-7-5-6-8-20(19)16-27-11-13-28-14-12-27/h5-8H,4,9-16H2,1-3H3,(H2,23,24,25). The van der Waals surface area contributed by atoms with Crippen molar-refractivity contribution in [1.29, 1.82) is 0 Å². The zero-order valence-corrected chi connectivity index (χ0v) is 18.6. The average Bonchev–Trinajstić information content (AvgIpc) is 3.05. The molecule has 0 unspecified atom stereocenters. The van der Waals surface area contributed by atoms with Gasteiger partial charge in [0.25, 0.3) is 0 Å². The van der Waals surface area contributed by atoms with Crippen LogP contribution in [0.3, 0.4) is 0 Å². The molecule has 1 aliphatic rings. The molecule has 0 aliphatic carbocycles. The molecule has 29 heavy (non-hydrogen) atoms. The van der Waals surface area contributed by atoms with Crippen LogP contribution in [0, 0.1) is 13.8 Å². The highest BCUT2D eigenvalue weighted by Gasteiger charge is 2.12. The second kappa shape index (κ2) is 11.3. The summed E-state index contributed by atoms with van der Waals surface area (Å²) < 4.78 is 5.47.